The quantitative estimate of drug-likeness (QED) is 0.870. The molecule has 1 fully saturated rings. The van der Waals surface area contributed by atoms with Crippen molar-refractivity contribution in [2.75, 3.05) is 24.6 Å². The van der Waals surface area contributed by atoms with Gasteiger partial charge in [0.15, 0.2) is 0 Å². The molecule has 114 valence electrons. The maximum atomic E-state index is 4.47. The Labute approximate surface area is 130 Å². The first kappa shape index (κ1) is 14.9. The lowest BCUT2D eigenvalue weighted by molar-refractivity contribution is 0.0974. The number of benzene rings is 1. The fourth-order valence-electron chi connectivity index (χ4n) is 2.90. The van der Waals surface area contributed by atoms with Crippen molar-refractivity contribution in [3.8, 4) is 0 Å². The van der Waals surface area contributed by atoms with E-state index in [1.807, 2.05) is 23.9 Å². The lowest BCUT2D eigenvalue weighted by Gasteiger charge is -2.37. The molecule has 1 saturated heterocycles. The second kappa shape index (κ2) is 5.97. The third-order valence-corrected chi connectivity index (χ3v) is 4.86. The minimum Gasteiger partial charge on any atom is -0.280 e. The van der Waals surface area contributed by atoms with E-state index in [4.69, 9.17) is 0 Å². The van der Waals surface area contributed by atoms with Crippen molar-refractivity contribution in [2.24, 2.45) is 5.41 Å². The van der Waals surface area contributed by atoms with Crippen LogP contribution in [-0.2, 0) is 0 Å². The second-order valence-corrected chi connectivity index (χ2v) is 8.14. The smallest absolute Gasteiger partial charge is 0.113 e. The van der Waals surface area contributed by atoms with Crippen molar-refractivity contribution in [2.45, 2.75) is 33.4 Å². The Kier molecular flexibility index (Phi) is 4.22. The van der Waals surface area contributed by atoms with Crippen LogP contribution in [0.3, 0.4) is 0 Å². The molecule has 5 heteroatoms. The van der Waals surface area contributed by atoms with Crippen molar-refractivity contribution < 1.29 is 0 Å². The minimum atomic E-state index is 0.266. The van der Waals surface area contributed by atoms with Gasteiger partial charge in [0.2, 0.25) is 0 Å². The van der Waals surface area contributed by atoms with Gasteiger partial charge in [0.25, 0.3) is 0 Å². The van der Waals surface area contributed by atoms with E-state index in [9.17, 15) is 0 Å². The monoisotopic (exact) mass is 304 g/mol. The number of hydrogen-bond acceptors (Lipinski definition) is 4. The van der Waals surface area contributed by atoms with Gasteiger partial charge in [-0.25, -0.2) is 4.68 Å². The van der Waals surface area contributed by atoms with Crippen LogP contribution < -0.4 is 0 Å². The summed E-state index contributed by atoms with van der Waals surface area (Å²) in [5, 5.41) is 8.82. The van der Waals surface area contributed by atoms with Crippen LogP contribution in [0.15, 0.2) is 24.3 Å². The average molecular weight is 304 g/mol. The van der Waals surface area contributed by atoms with Gasteiger partial charge in [-0.1, -0.05) is 38.1 Å². The molecule has 1 atom stereocenters. The summed E-state index contributed by atoms with van der Waals surface area (Å²) in [5.74, 6) is 2.43. The Hall–Kier alpha value is -1.07. The van der Waals surface area contributed by atoms with Gasteiger partial charge in [0, 0.05) is 24.6 Å². The maximum Gasteiger partial charge on any atom is 0.113 e. The summed E-state index contributed by atoms with van der Waals surface area (Å²) in [6.45, 7) is 9.19. The molecule has 0 aliphatic carbocycles. The lowest BCUT2D eigenvalue weighted by atomic mass is 9.90. The van der Waals surface area contributed by atoms with E-state index >= 15 is 0 Å². The van der Waals surface area contributed by atoms with Gasteiger partial charge in [-0.05, 0) is 24.0 Å². The predicted octanol–water partition coefficient (Wildman–Crippen LogP) is 3.41. The summed E-state index contributed by atoms with van der Waals surface area (Å²) in [6.07, 6.45) is 1.39. The highest BCUT2D eigenvalue weighted by Gasteiger charge is 2.29. The molecule has 2 heterocycles. The summed E-state index contributed by atoms with van der Waals surface area (Å²) in [5.41, 5.74) is 2.40. The van der Waals surface area contributed by atoms with E-state index in [0.29, 0.717) is 6.17 Å². The summed E-state index contributed by atoms with van der Waals surface area (Å²) in [6, 6.07) is 8.27. The standard InChI is InChI=1S/C16H24N4S/c1-16(2,3)12-15(19-8-10-21-11-9-19)20-14-7-5-4-6-13(14)17-18-20/h4-7,15H,8-12H2,1-3H3. The first-order chi connectivity index (χ1) is 10.0. The molecular formula is C16H24N4S. The number of thioether (sulfide) groups is 1. The summed E-state index contributed by atoms with van der Waals surface area (Å²) in [7, 11) is 0. The Morgan fingerprint density at radius 2 is 1.90 bits per heavy atom. The largest absolute Gasteiger partial charge is 0.280 e. The molecule has 1 aromatic carbocycles. The van der Waals surface area contributed by atoms with Crippen molar-refractivity contribution in [1.82, 2.24) is 19.9 Å². The fraction of sp³-hybridized carbons (Fsp3) is 0.625. The van der Waals surface area contributed by atoms with Gasteiger partial charge >= 0.3 is 0 Å². The third kappa shape index (κ3) is 3.40. The molecule has 2 aromatic rings. The molecule has 0 amide bonds. The Morgan fingerprint density at radius 1 is 1.19 bits per heavy atom. The normalized spacial score (nSPS) is 19.0. The highest BCUT2D eigenvalue weighted by molar-refractivity contribution is 7.99. The van der Waals surface area contributed by atoms with Crippen molar-refractivity contribution in [3.63, 3.8) is 0 Å². The first-order valence-corrected chi connectivity index (χ1v) is 8.82. The third-order valence-electron chi connectivity index (χ3n) is 3.92. The summed E-state index contributed by atoms with van der Waals surface area (Å²) < 4.78 is 2.14. The number of para-hydroxylation sites is 1. The topological polar surface area (TPSA) is 34.0 Å². The van der Waals surface area contributed by atoms with Crippen LogP contribution in [-0.4, -0.2) is 44.5 Å². The van der Waals surface area contributed by atoms with Gasteiger partial charge in [0.1, 0.15) is 11.7 Å². The molecule has 0 saturated carbocycles. The molecule has 0 spiro atoms. The van der Waals surface area contributed by atoms with Crippen molar-refractivity contribution >= 4 is 22.8 Å². The zero-order valence-electron chi connectivity index (χ0n) is 13.1. The van der Waals surface area contributed by atoms with Gasteiger partial charge in [-0.2, -0.15) is 11.8 Å². The Bertz CT molecular complexity index is 596. The maximum absolute atomic E-state index is 4.47. The van der Waals surface area contributed by atoms with Crippen LogP contribution in [0, 0.1) is 5.41 Å². The molecule has 0 radical (unpaired) electrons. The highest BCUT2D eigenvalue weighted by Crippen LogP contribution is 2.32. The van der Waals surface area contributed by atoms with Crippen LogP contribution in [0.5, 0.6) is 0 Å². The number of aromatic nitrogens is 3. The van der Waals surface area contributed by atoms with E-state index < -0.39 is 0 Å². The van der Waals surface area contributed by atoms with Crippen LogP contribution >= 0.6 is 11.8 Å². The Balaban J connectivity index is 1.97. The van der Waals surface area contributed by atoms with E-state index in [2.05, 4.69) is 52.8 Å². The number of hydrogen-bond donors (Lipinski definition) is 0. The van der Waals surface area contributed by atoms with Crippen LogP contribution in [0.4, 0.5) is 0 Å². The molecule has 21 heavy (non-hydrogen) atoms. The van der Waals surface area contributed by atoms with Crippen molar-refractivity contribution in [3.05, 3.63) is 24.3 Å². The molecule has 3 rings (SSSR count). The number of rotatable bonds is 3. The van der Waals surface area contributed by atoms with E-state index in [0.717, 1.165) is 30.5 Å². The van der Waals surface area contributed by atoms with E-state index in [1.54, 1.807) is 0 Å². The van der Waals surface area contributed by atoms with Gasteiger partial charge in [-0.3, -0.25) is 4.90 Å². The zero-order valence-corrected chi connectivity index (χ0v) is 13.9. The Morgan fingerprint density at radius 3 is 2.62 bits per heavy atom. The van der Waals surface area contributed by atoms with Crippen LogP contribution in [0.2, 0.25) is 0 Å². The second-order valence-electron chi connectivity index (χ2n) is 6.92. The molecule has 4 nitrogen and oxygen atoms in total. The molecule has 1 aliphatic rings. The summed E-state index contributed by atoms with van der Waals surface area (Å²) >= 11 is 2.05. The molecular weight excluding hydrogens is 280 g/mol. The number of fused-ring (bicyclic) bond motifs is 1. The highest BCUT2D eigenvalue weighted by atomic mass is 32.2. The van der Waals surface area contributed by atoms with E-state index in [-0.39, 0.29) is 5.41 Å². The molecule has 1 aliphatic heterocycles. The zero-order chi connectivity index (χ0) is 14.9. The average Bonchev–Trinajstić information content (AvgIpc) is 2.89. The lowest BCUT2D eigenvalue weighted by Crippen LogP contribution is -2.41. The fourth-order valence-corrected chi connectivity index (χ4v) is 3.83. The summed E-state index contributed by atoms with van der Waals surface area (Å²) in [4.78, 5) is 2.57. The van der Waals surface area contributed by atoms with Crippen LogP contribution in [0.25, 0.3) is 11.0 Å². The minimum absolute atomic E-state index is 0.266. The first-order valence-electron chi connectivity index (χ1n) is 7.66. The predicted molar refractivity (Wildman–Crippen MR) is 89.5 cm³/mol. The molecule has 0 N–H and O–H groups in total. The van der Waals surface area contributed by atoms with Gasteiger partial charge in [0.05, 0.1) is 5.52 Å². The SMILES string of the molecule is CC(C)(C)CC(N1CCSCC1)n1nnc2ccccc21. The van der Waals surface area contributed by atoms with Crippen molar-refractivity contribution in [1.29, 1.82) is 0 Å². The van der Waals surface area contributed by atoms with E-state index in [1.165, 1.54) is 11.5 Å². The van der Waals surface area contributed by atoms with Crippen LogP contribution in [0.1, 0.15) is 33.4 Å². The number of nitrogens with zero attached hydrogens (tertiary/aromatic N) is 4. The van der Waals surface area contributed by atoms with Gasteiger partial charge in [-0.15, -0.1) is 5.10 Å². The molecule has 1 aromatic heterocycles. The molecule has 0 bridgehead atoms. The van der Waals surface area contributed by atoms with Gasteiger partial charge < -0.3 is 0 Å². The molecule has 1 unspecified atom stereocenters.